The molecule has 4 aromatic carbocycles. The van der Waals surface area contributed by atoms with E-state index in [9.17, 15) is 9.59 Å². The van der Waals surface area contributed by atoms with Gasteiger partial charge in [-0.1, -0.05) is 65.7 Å². The Morgan fingerprint density at radius 3 is 2.03 bits per heavy atom. The second kappa shape index (κ2) is 11.3. The van der Waals surface area contributed by atoms with E-state index in [2.05, 4.69) is 5.32 Å². The molecule has 0 spiro atoms. The van der Waals surface area contributed by atoms with Crippen LogP contribution in [-0.2, 0) is 4.79 Å². The van der Waals surface area contributed by atoms with E-state index in [0.717, 1.165) is 16.3 Å². The van der Waals surface area contributed by atoms with Crippen LogP contribution in [0.25, 0.3) is 0 Å². The van der Waals surface area contributed by atoms with Crippen LogP contribution in [0, 0.1) is 0 Å². The van der Waals surface area contributed by atoms with E-state index in [0.29, 0.717) is 16.3 Å². The molecule has 0 heterocycles. The third-order valence-electron chi connectivity index (χ3n) is 4.91. The number of hydrogen-bond acceptors (Lipinski definition) is 3. The maximum atomic E-state index is 13.2. The average molecular weight is 507 g/mol. The van der Waals surface area contributed by atoms with Gasteiger partial charge in [0.1, 0.15) is 0 Å². The lowest BCUT2D eigenvalue weighted by Crippen LogP contribution is -2.27. The van der Waals surface area contributed by atoms with Crippen molar-refractivity contribution in [1.29, 1.82) is 0 Å². The minimum absolute atomic E-state index is 0.0511. The second-order valence-corrected chi connectivity index (χ2v) is 9.19. The van der Waals surface area contributed by atoms with Gasteiger partial charge in [0.15, 0.2) is 0 Å². The Balaban J connectivity index is 1.46. The molecule has 7 heteroatoms. The molecule has 1 N–H and O–H groups in total. The topological polar surface area (TPSA) is 49.4 Å². The molecule has 0 saturated heterocycles. The summed E-state index contributed by atoms with van der Waals surface area (Å²) in [6.45, 7) is 0. The first kappa shape index (κ1) is 23.9. The number of carbonyl (C=O) groups is 2. The largest absolute Gasteiger partial charge is 0.322 e. The van der Waals surface area contributed by atoms with E-state index in [4.69, 9.17) is 23.2 Å². The van der Waals surface area contributed by atoms with Crippen molar-refractivity contribution in [2.24, 2.45) is 0 Å². The number of nitrogens with one attached hydrogen (secondary N) is 1. The zero-order valence-corrected chi connectivity index (χ0v) is 20.3. The van der Waals surface area contributed by atoms with E-state index >= 15 is 0 Å². The zero-order valence-electron chi connectivity index (χ0n) is 17.9. The predicted octanol–water partition coefficient (Wildman–Crippen LogP) is 7.70. The number of halogens is 2. The molecule has 170 valence electrons. The van der Waals surface area contributed by atoms with Gasteiger partial charge in [0.05, 0.1) is 16.3 Å². The van der Waals surface area contributed by atoms with Crippen molar-refractivity contribution >= 4 is 63.8 Å². The molecule has 0 aliphatic heterocycles. The predicted molar refractivity (Wildman–Crippen MR) is 142 cm³/mol. The zero-order chi connectivity index (χ0) is 23.9. The van der Waals surface area contributed by atoms with Crippen molar-refractivity contribution < 1.29 is 9.59 Å². The molecule has 0 saturated carbocycles. The summed E-state index contributed by atoms with van der Waals surface area (Å²) in [5.41, 5.74) is 2.55. The fourth-order valence-electron chi connectivity index (χ4n) is 3.34. The molecule has 0 fully saturated rings. The molecule has 4 aromatic rings. The van der Waals surface area contributed by atoms with Gasteiger partial charge in [-0.15, -0.1) is 11.8 Å². The molecule has 34 heavy (non-hydrogen) atoms. The van der Waals surface area contributed by atoms with Crippen LogP contribution in [0.4, 0.5) is 17.1 Å². The summed E-state index contributed by atoms with van der Waals surface area (Å²) in [6.07, 6.45) is 0. The summed E-state index contributed by atoms with van der Waals surface area (Å²) in [5.74, 6) is -0.159. The van der Waals surface area contributed by atoms with Crippen LogP contribution in [0.5, 0.6) is 0 Å². The van der Waals surface area contributed by atoms with E-state index < -0.39 is 0 Å². The summed E-state index contributed by atoms with van der Waals surface area (Å²) < 4.78 is 0. The molecule has 0 atom stereocenters. The van der Waals surface area contributed by atoms with Gasteiger partial charge in [-0.25, -0.2) is 0 Å². The van der Waals surface area contributed by atoms with Crippen LogP contribution in [0.1, 0.15) is 10.4 Å². The Bertz CT molecular complexity index is 1260. The molecule has 4 nitrogen and oxygen atoms in total. The van der Waals surface area contributed by atoms with E-state index in [1.165, 1.54) is 17.8 Å². The van der Waals surface area contributed by atoms with Crippen molar-refractivity contribution in [3.63, 3.8) is 0 Å². The molecular weight excluding hydrogens is 487 g/mol. The van der Waals surface area contributed by atoms with Gasteiger partial charge >= 0.3 is 0 Å². The maximum absolute atomic E-state index is 13.2. The van der Waals surface area contributed by atoms with Crippen molar-refractivity contribution in [2.45, 2.75) is 4.90 Å². The number of nitrogens with zero attached hydrogens (tertiary/aromatic N) is 1. The highest BCUT2D eigenvalue weighted by Crippen LogP contribution is 2.29. The molecule has 0 radical (unpaired) electrons. The summed E-state index contributed by atoms with van der Waals surface area (Å²) in [7, 11) is 0. The van der Waals surface area contributed by atoms with Crippen LogP contribution in [0.15, 0.2) is 108 Å². The second-order valence-electron chi connectivity index (χ2n) is 7.30. The Morgan fingerprint density at radius 2 is 1.41 bits per heavy atom. The first-order chi connectivity index (χ1) is 16.5. The normalized spacial score (nSPS) is 10.5. The minimum Gasteiger partial charge on any atom is -0.322 e. The monoisotopic (exact) mass is 506 g/mol. The molecule has 0 aliphatic carbocycles. The first-order valence-electron chi connectivity index (χ1n) is 10.4. The third kappa shape index (κ3) is 6.00. The molecular formula is C27H20Cl2N2O2S. The molecule has 0 aliphatic rings. The number of para-hydroxylation sites is 2. The van der Waals surface area contributed by atoms with Gasteiger partial charge < -0.3 is 5.32 Å². The van der Waals surface area contributed by atoms with Gasteiger partial charge in [-0.2, -0.15) is 0 Å². The maximum Gasteiger partial charge on any atom is 0.257 e. The number of carbonyl (C=O) groups excluding carboxylic acids is 2. The van der Waals surface area contributed by atoms with Crippen LogP contribution < -0.4 is 10.2 Å². The standard InChI is InChI=1S/C27H20Cl2N2O2S/c28-19-14-15-24(25(29)16-19)27(33)30-20-8-7-13-23(17-20)34-18-26(32)31(21-9-3-1-4-10-21)22-11-5-2-6-12-22/h1-17H,18H2,(H,30,33). The third-order valence-corrected chi connectivity index (χ3v) is 6.43. The van der Waals surface area contributed by atoms with Crippen LogP contribution in [0.2, 0.25) is 10.0 Å². The Morgan fingerprint density at radius 1 is 0.765 bits per heavy atom. The summed E-state index contributed by atoms with van der Waals surface area (Å²) in [4.78, 5) is 28.4. The highest BCUT2D eigenvalue weighted by Gasteiger charge is 2.18. The fourth-order valence-corrected chi connectivity index (χ4v) is 4.64. The summed E-state index contributed by atoms with van der Waals surface area (Å²) in [6, 6.07) is 31.2. The van der Waals surface area contributed by atoms with Crippen molar-refractivity contribution in [1.82, 2.24) is 0 Å². The molecule has 0 unspecified atom stereocenters. The highest BCUT2D eigenvalue weighted by molar-refractivity contribution is 8.00. The molecule has 2 amide bonds. The number of amides is 2. The SMILES string of the molecule is O=C(Nc1cccc(SCC(=O)N(c2ccccc2)c2ccccc2)c1)c1ccc(Cl)cc1Cl. The van der Waals surface area contributed by atoms with Crippen molar-refractivity contribution in [3.05, 3.63) is 119 Å². The highest BCUT2D eigenvalue weighted by atomic mass is 35.5. The Labute approximate surface area is 212 Å². The lowest BCUT2D eigenvalue weighted by Gasteiger charge is -2.23. The number of rotatable bonds is 7. The minimum atomic E-state index is -0.334. The van der Waals surface area contributed by atoms with E-state index in [1.54, 1.807) is 23.1 Å². The van der Waals surface area contributed by atoms with Gasteiger partial charge in [-0.3, -0.25) is 14.5 Å². The number of thioether (sulfide) groups is 1. The summed E-state index contributed by atoms with van der Waals surface area (Å²) in [5, 5.41) is 3.59. The smallest absolute Gasteiger partial charge is 0.257 e. The number of anilines is 3. The quantitative estimate of drug-likeness (QED) is 0.261. The van der Waals surface area contributed by atoms with Crippen molar-refractivity contribution in [2.75, 3.05) is 16.0 Å². The number of hydrogen-bond donors (Lipinski definition) is 1. The van der Waals surface area contributed by atoms with E-state index in [1.807, 2.05) is 78.9 Å². The van der Waals surface area contributed by atoms with Crippen LogP contribution >= 0.6 is 35.0 Å². The van der Waals surface area contributed by atoms with Crippen LogP contribution in [-0.4, -0.2) is 17.6 Å². The number of benzene rings is 4. The lowest BCUT2D eigenvalue weighted by molar-refractivity contribution is -0.115. The fraction of sp³-hybridized carbons (Fsp3) is 0.0370. The van der Waals surface area contributed by atoms with Crippen LogP contribution in [0.3, 0.4) is 0 Å². The van der Waals surface area contributed by atoms with Crippen molar-refractivity contribution in [3.8, 4) is 0 Å². The Hall–Kier alpha value is -3.25. The first-order valence-corrected chi connectivity index (χ1v) is 12.2. The van der Waals surface area contributed by atoms with Gasteiger partial charge in [0.2, 0.25) is 5.91 Å². The average Bonchev–Trinajstić information content (AvgIpc) is 2.84. The van der Waals surface area contributed by atoms with Gasteiger partial charge in [-0.05, 0) is 60.7 Å². The van der Waals surface area contributed by atoms with Gasteiger partial charge in [0, 0.05) is 27.0 Å². The summed E-state index contributed by atoms with van der Waals surface area (Å²) >= 11 is 13.5. The van der Waals surface area contributed by atoms with Gasteiger partial charge in [0.25, 0.3) is 5.91 Å². The lowest BCUT2D eigenvalue weighted by atomic mass is 10.2. The Kier molecular flexibility index (Phi) is 7.91. The molecule has 0 aromatic heterocycles. The molecule has 0 bridgehead atoms. The van der Waals surface area contributed by atoms with E-state index in [-0.39, 0.29) is 22.6 Å². The molecule has 4 rings (SSSR count).